The first-order valence-corrected chi connectivity index (χ1v) is 9.46. The molecule has 3 aromatic rings. The van der Waals surface area contributed by atoms with Crippen molar-refractivity contribution in [3.63, 3.8) is 0 Å². The summed E-state index contributed by atoms with van der Waals surface area (Å²) in [5.41, 5.74) is 4.68. The summed E-state index contributed by atoms with van der Waals surface area (Å²) in [5, 5.41) is 2.18. The number of furan rings is 1. The van der Waals surface area contributed by atoms with Crippen LogP contribution in [0.5, 0.6) is 0 Å². The Kier molecular flexibility index (Phi) is 4.15. The normalized spacial score (nSPS) is 16.2. The zero-order valence-electron chi connectivity index (χ0n) is 14.2. The molecule has 124 valence electrons. The Morgan fingerprint density at radius 1 is 1.17 bits per heavy atom. The van der Waals surface area contributed by atoms with E-state index in [0.29, 0.717) is 6.04 Å². The maximum atomic E-state index is 5.67. The van der Waals surface area contributed by atoms with Crippen LogP contribution in [0.25, 0.3) is 11.5 Å². The largest absolute Gasteiger partial charge is 0.463 e. The number of hydrogen-bond donors (Lipinski definition) is 0. The van der Waals surface area contributed by atoms with Crippen LogP contribution in [0.4, 0.5) is 5.69 Å². The molecule has 4 rings (SSSR count). The number of aromatic nitrogens is 1. The Morgan fingerprint density at radius 2 is 2.00 bits per heavy atom. The first-order valence-electron chi connectivity index (χ1n) is 8.58. The van der Waals surface area contributed by atoms with Crippen LogP contribution in [0.15, 0.2) is 51.4 Å². The summed E-state index contributed by atoms with van der Waals surface area (Å²) in [6.07, 6.45) is 6.80. The molecule has 2 heterocycles. The van der Waals surface area contributed by atoms with Crippen molar-refractivity contribution in [1.82, 2.24) is 4.57 Å². The van der Waals surface area contributed by atoms with Crippen LogP contribution < -0.4 is 4.80 Å². The zero-order chi connectivity index (χ0) is 16.5. The second-order valence-electron chi connectivity index (χ2n) is 6.59. The maximum Gasteiger partial charge on any atom is 0.190 e. The number of thiazole rings is 1. The second-order valence-corrected chi connectivity index (χ2v) is 7.43. The molecule has 2 aromatic heterocycles. The quantitative estimate of drug-likeness (QED) is 0.596. The third-order valence-corrected chi connectivity index (χ3v) is 5.63. The van der Waals surface area contributed by atoms with Gasteiger partial charge in [0, 0.05) is 11.4 Å². The minimum atomic E-state index is 0.528. The lowest BCUT2D eigenvalue weighted by molar-refractivity contribution is 0.499. The molecule has 24 heavy (non-hydrogen) atoms. The molecule has 4 heteroatoms. The minimum absolute atomic E-state index is 0.528. The third-order valence-electron chi connectivity index (χ3n) is 4.79. The van der Waals surface area contributed by atoms with Gasteiger partial charge in [0.05, 0.1) is 17.6 Å². The first kappa shape index (κ1) is 15.5. The van der Waals surface area contributed by atoms with E-state index in [0.717, 1.165) is 21.9 Å². The van der Waals surface area contributed by atoms with E-state index in [1.807, 2.05) is 12.1 Å². The summed E-state index contributed by atoms with van der Waals surface area (Å²) in [5.74, 6) is 0.931. The highest BCUT2D eigenvalue weighted by atomic mass is 32.1. The molecule has 0 radical (unpaired) electrons. The Hall–Kier alpha value is -2.07. The molecule has 0 atom stereocenters. The fraction of sp³-hybridized carbons (Fsp3) is 0.350. The summed E-state index contributed by atoms with van der Waals surface area (Å²) < 4.78 is 8.07. The Morgan fingerprint density at radius 3 is 2.75 bits per heavy atom. The van der Waals surface area contributed by atoms with Crippen LogP contribution in [-0.2, 0) is 0 Å². The van der Waals surface area contributed by atoms with Crippen molar-refractivity contribution >= 4 is 17.0 Å². The van der Waals surface area contributed by atoms with E-state index in [4.69, 9.17) is 9.41 Å². The lowest BCUT2D eigenvalue weighted by atomic mass is 10.1. The summed E-state index contributed by atoms with van der Waals surface area (Å²) in [6, 6.07) is 11.0. The van der Waals surface area contributed by atoms with Crippen LogP contribution in [0.2, 0.25) is 0 Å². The third kappa shape index (κ3) is 2.86. The van der Waals surface area contributed by atoms with Crippen molar-refractivity contribution in [2.45, 2.75) is 45.6 Å². The van der Waals surface area contributed by atoms with Gasteiger partial charge in [0.2, 0.25) is 0 Å². The van der Waals surface area contributed by atoms with Gasteiger partial charge in [-0.1, -0.05) is 25.0 Å². The molecule has 1 aliphatic rings. The van der Waals surface area contributed by atoms with Gasteiger partial charge in [0.15, 0.2) is 10.6 Å². The smallest absolute Gasteiger partial charge is 0.190 e. The van der Waals surface area contributed by atoms with Crippen molar-refractivity contribution < 1.29 is 4.42 Å². The molecule has 1 fully saturated rings. The van der Waals surface area contributed by atoms with Crippen molar-refractivity contribution in [3.05, 3.63) is 57.9 Å². The molecule has 0 saturated heterocycles. The van der Waals surface area contributed by atoms with Gasteiger partial charge in [-0.25, -0.2) is 4.99 Å². The summed E-state index contributed by atoms with van der Waals surface area (Å²) in [4.78, 5) is 6.09. The van der Waals surface area contributed by atoms with E-state index >= 15 is 0 Å². The first-order chi connectivity index (χ1) is 11.7. The van der Waals surface area contributed by atoms with Crippen molar-refractivity contribution in [1.29, 1.82) is 0 Å². The SMILES string of the molecule is Cc1ccc(C)c(N=c2scc(-c3ccco3)n2C2CCCC2)c1. The number of aryl methyl sites for hydroxylation is 2. The van der Waals surface area contributed by atoms with Crippen molar-refractivity contribution in [2.24, 2.45) is 4.99 Å². The second kappa shape index (κ2) is 6.44. The molecule has 3 nitrogen and oxygen atoms in total. The fourth-order valence-electron chi connectivity index (χ4n) is 3.46. The maximum absolute atomic E-state index is 5.67. The van der Waals surface area contributed by atoms with E-state index in [2.05, 4.69) is 42.0 Å². The molecular formula is C20H22N2OS. The predicted molar refractivity (Wildman–Crippen MR) is 98.7 cm³/mol. The van der Waals surface area contributed by atoms with Crippen LogP contribution in [0.3, 0.4) is 0 Å². The standard InChI is InChI=1S/C20H22N2OS/c1-14-9-10-15(2)17(12-14)21-20-22(16-6-3-4-7-16)18(13-24-20)19-8-5-11-23-19/h5,8-13,16H,3-4,6-7H2,1-2H3. The monoisotopic (exact) mass is 338 g/mol. The van der Waals surface area contributed by atoms with Gasteiger partial charge in [-0.05, 0) is 56.0 Å². The summed E-state index contributed by atoms with van der Waals surface area (Å²) in [6.45, 7) is 4.24. The number of rotatable bonds is 3. The highest BCUT2D eigenvalue weighted by Crippen LogP contribution is 2.33. The molecule has 0 N–H and O–H groups in total. The molecule has 0 unspecified atom stereocenters. The van der Waals surface area contributed by atoms with E-state index in [1.165, 1.54) is 36.8 Å². The molecule has 0 bridgehead atoms. The Labute approximate surface area is 146 Å². The molecular weight excluding hydrogens is 316 g/mol. The molecule has 1 aromatic carbocycles. The lowest BCUT2D eigenvalue weighted by Gasteiger charge is -2.15. The summed E-state index contributed by atoms with van der Waals surface area (Å²) in [7, 11) is 0. The summed E-state index contributed by atoms with van der Waals surface area (Å²) >= 11 is 1.71. The number of nitrogens with zero attached hydrogens (tertiary/aromatic N) is 2. The molecule has 1 aliphatic carbocycles. The molecule has 0 spiro atoms. The van der Waals surface area contributed by atoms with Crippen molar-refractivity contribution in [2.75, 3.05) is 0 Å². The fourth-order valence-corrected chi connectivity index (χ4v) is 4.42. The Bertz CT molecular complexity index is 896. The Balaban J connectivity index is 1.89. The van der Waals surface area contributed by atoms with Gasteiger partial charge >= 0.3 is 0 Å². The van der Waals surface area contributed by atoms with Crippen LogP contribution in [0.1, 0.15) is 42.9 Å². The van der Waals surface area contributed by atoms with Crippen LogP contribution >= 0.6 is 11.3 Å². The minimum Gasteiger partial charge on any atom is -0.463 e. The zero-order valence-corrected chi connectivity index (χ0v) is 15.0. The van der Waals surface area contributed by atoms with Gasteiger partial charge in [0.1, 0.15) is 0 Å². The van der Waals surface area contributed by atoms with Crippen LogP contribution in [0, 0.1) is 13.8 Å². The van der Waals surface area contributed by atoms with Gasteiger partial charge in [-0.3, -0.25) is 0 Å². The average molecular weight is 338 g/mol. The van der Waals surface area contributed by atoms with E-state index in [-0.39, 0.29) is 0 Å². The van der Waals surface area contributed by atoms with Gasteiger partial charge in [-0.15, -0.1) is 11.3 Å². The van der Waals surface area contributed by atoms with Gasteiger partial charge in [-0.2, -0.15) is 0 Å². The molecule has 0 amide bonds. The number of hydrogen-bond acceptors (Lipinski definition) is 3. The van der Waals surface area contributed by atoms with Gasteiger partial charge in [0.25, 0.3) is 0 Å². The number of benzene rings is 1. The lowest BCUT2D eigenvalue weighted by Crippen LogP contribution is -2.19. The highest BCUT2D eigenvalue weighted by Gasteiger charge is 2.22. The molecule has 0 aliphatic heterocycles. The van der Waals surface area contributed by atoms with E-state index < -0.39 is 0 Å². The molecule has 1 saturated carbocycles. The van der Waals surface area contributed by atoms with E-state index in [1.54, 1.807) is 17.6 Å². The van der Waals surface area contributed by atoms with Crippen LogP contribution in [-0.4, -0.2) is 4.57 Å². The highest BCUT2D eigenvalue weighted by molar-refractivity contribution is 7.07. The van der Waals surface area contributed by atoms with E-state index in [9.17, 15) is 0 Å². The average Bonchev–Trinajstić information content (AvgIpc) is 3.29. The van der Waals surface area contributed by atoms with Crippen molar-refractivity contribution in [3.8, 4) is 11.5 Å². The predicted octanol–water partition coefficient (Wildman–Crippen LogP) is 5.77. The van der Waals surface area contributed by atoms with Gasteiger partial charge < -0.3 is 8.98 Å². The topological polar surface area (TPSA) is 30.4 Å².